The van der Waals surface area contributed by atoms with Crippen molar-refractivity contribution in [2.45, 2.75) is 32.1 Å². The molecule has 9 nitrogen and oxygen atoms in total. The number of hydrogen-bond donors (Lipinski definition) is 3. The van der Waals surface area contributed by atoms with E-state index >= 15 is 0 Å². The van der Waals surface area contributed by atoms with E-state index in [4.69, 9.17) is 27.9 Å². The number of carbonyl (C=O) groups is 1. The van der Waals surface area contributed by atoms with Crippen molar-refractivity contribution >= 4 is 29.1 Å². The van der Waals surface area contributed by atoms with E-state index in [1.165, 1.54) is 12.4 Å². The molecule has 1 unspecified atom stereocenters. The van der Waals surface area contributed by atoms with Crippen molar-refractivity contribution < 1.29 is 9.53 Å². The summed E-state index contributed by atoms with van der Waals surface area (Å²) < 4.78 is 5.88. The van der Waals surface area contributed by atoms with Crippen molar-refractivity contribution in [1.82, 2.24) is 35.5 Å². The quantitative estimate of drug-likeness (QED) is 0.229. The molecule has 1 atom stereocenters. The normalized spacial score (nSPS) is 14.6. The van der Waals surface area contributed by atoms with E-state index in [0.29, 0.717) is 13.2 Å². The molecule has 4 aromatic rings. The van der Waals surface area contributed by atoms with Gasteiger partial charge in [-0.1, -0.05) is 47.5 Å². The van der Waals surface area contributed by atoms with Crippen LogP contribution in [-0.4, -0.2) is 50.4 Å². The lowest BCUT2D eigenvalue weighted by atomic mass is 10.0. The molecule has 0 aliphatic carbocycles. The molecule has 11 heteroatoms. The van der Waals surface area contributed by atoms with Crippen LogP contribution in [0.2, 0.25) is 10.0 Å². The van der Waals surface area contributed by atoms with Gasteiger partial charge in [-0.05, 0) is 23.3 Å². The molecule has 0 saturated heterocycles. The van der Waals surface area contributed by atoms with Crippen LogP contribution < -0.4 is 15.4 Å². The number of H-pyrrole nitrogens is 1. The topological polar surface area (TPSA) is 108 Å². The molecule has 0 bridgehead atoms. The molecule has 5 rings (SSSR count). The second-order valence-corrected chi connectivity index (χ2v) is 10.1. The minimum atomic E-state index is -0.340. The number of ether oxygens (including phenoxy) is 1. The molecule has 1 aliphatic rings. The van der Waals surface area contributed by atoms with Gasteiger partial charge in [-0.15, -0.1) is 0 Å². The van der Waals surface area contributed by atoms with E-state index in [1.807, 2.05) is 36.7 Å². The summed E-state index contributed by atoms with van der Waals surface area (Å²) in [4.78, 5) is 30.9. The number of carbonyl (C=O) groups excluding carboxylic acids is 1. The van der Waals surface area contributed by atoms with Gasteiger partial charge in [-0.25, -0.2) is 4.98 Å². The Labute approximate surface area is 236 Å². The third-order valence-corrected chi connectivity index (χ3v) is 7.13. The third kappa shape index (κ3) is 6.93. The molecule has 39 heavy (non-hydrogen) atoms. The van der Waals surface area contributed by atoms with Crippen LogP contribution in [0.15, 0.2) is 67.5 Å². The van der Waals surface area contributed by atoms with Crippen LogP contribution in [0.4, 0.5) is 0 Å². The highest BCUT2D eigenvalue weighted by Gasteiger charge is 2.28. The van der Waals surface area contributed by atoms with Crippen molar-refractivity contribution in [2.24, 2.45) is 0 Å². The van der Waals surface area contributed by atoms with Gasteiger partial charge < -0.3 is 20.4 Å². The van der Waals surface area contributed by atoms with Crippen molar-refractivity contribution in [3.63, 3.8) is 0 Å². The Morgan fingerprint density at radius 1 is 1.08 bits per heavy atom. The third-order valence-electron chi connectivity index (χ3n) is 6.56. The molecule has 0 spiro atoms. The summed E-state index contributed by atoms with van der Waals surface area (Å²) in [6.07, 6.45) is 9.00. The highest BCUT2D eigenvalue weighted by atomic mass is 35.5. The zero-order chi connectivity index (χ0) is 27.0. The summed E-state index contributed by atoms with van der Waals surface area (Å²) in [5, 5.41) is 6.85. The number of aromatic amines is 1. The Hall–Kier alpha value is -3.50. The van der Waals surface area contributed by atoms with Crippen molar-refractivity contribution in [2.75, 3.05) is 19.7 Å². The number of imidazole rings is 1. The first kappa shape index (κ1) is 27.1. The first-order chi connectivity index (χ1) is 19.1. The number of amides is 1. The van der Waals surface area contributed by atoms with E-state index in [9.17, 15) is 4.79 Å². The molecule has 0 radical (unpaired) electrons. The summed E-state index contributed by atoms with van der Waals surface area (Å²) in [6, 6.07) is 12.2. The average molecular weight is 566 g/mol. The zero-order valence-electron chi connectivity index (χ0n) is 21.2. The fraction of sp³-hybridized carbons (Fsp3) is 0.286. The number of rotatable bonds is 11. The molecular weight excluding hydrogens is 537 g/mol. The number of fused-ring (bicyclic) bond motifs is 1. The number of hydrogen-bond acceptors (Lipinski definition) is 7. The van der Waals surface area contributed by atoms with E-state index in [1.54, 1.807) is 6.33 Å². The lowest BCUT2D eigenvalue weighted by Crippen LogP contribution is -2.37. The molecule has 4 heterocycles. The number of aromatic nitrogens is 4. The van der Waals surface area contributed by atoms with E-state index in [2.05, 4.69) is 47.6 Å². The van der Waals surface area contributed by atoms with Crippen LogP contribution in [0.5, 0.6) is 5.75 Å². The van der Waals surface area contributed by atoms with Gasteiger partial charge in [-0.2, -0.15) is 0 Å². The molecule has 202 valence electrons. The largest absolute Gasteiger partial charge is 0.492 e. The van der Waals surface area contributed by atoms with Gasteiger partial charge in [0.15, 0.2) is 0 Å². The molecule has 0 fully saturated rings. The van der Waals surface area contributed by atoms with Crippen LogP contribution in [0.3, 0.4) is 0 Å². The fourth-order valence-electron chi connectivity index (χ4n) is 4.69. The Morgan fingerprint density at radius 3 is 2.74 bits per heavy atom. The summed E-state index contributed by atoms with van der Waals surface area (Å²) in [7, 11) is 0. The average Bonchev–Trinajstić information content (AvgIpc) is 3.47. The number of nitrogens with zero attached hydrogens (tertiary/aromatic N) is 4. The second kappa shape index (κ2) is 13.0. The van der Waals surface area contributed by atoms with Gasteiger partial charge in [0.05, 0.1) is 40.3 Å². The highest BCUT2D eigenvalue weighted by molar-refractivity contribution is 6.39. The molecule has 0 saturated carbocycles. The Bertz CT molecular complexity index is 1380. The van der Waals surface area contributed by atoms with Crippen LogP contribution in [0.1, 0.15) is 45.3 Å². The number of benzene rings is 1. The summed E-state index contributed by atoms with van der Waals surface area (Å²) in [5.41, 5.74) is 4.35. The van der Waals surface area contributed by atoms with Crippen molar-refractivity contribution in [3.05, 3.63) is 106 Å². The lowest BCUT2D eigenvalue weighted by Gasteiger charge is -2.35. The maximum atomic E-state index is 12.7. The smallest absolute Gasteiger partial charge is 0.254 e. The molecule has 1 aromatic carbocycles. The first-order valence-corrected chi connectivity index (χ1v) is 13.5. The maximum absolute atomic E-state index is 12.7. The standard InChI is InChI=1S/C28H29Cl2N7O2/c29-22-15-32-16-23(30)26(22)28(38)35-12-19-3-1-4-20(11-19)17-37(9-8-31-13-21-14-33-18-36-21)24-6-10-39-25-5-2-7-34-27(24)25/h1-5,7,11,14-16,18,24,31H,6,8-10,12-13,17H2,(H,33,36)(H,35,38). The molecule has 1 aliphatic heterocycles. The van der Waals surface area contributed by atoms with E-state index in [0.717, 1.165) is 60.9 Å². The fourth-order valence-corrected chi connectivity index (χ4v) is 5.23. The lowest BCUT2D eigenvalue weighted by molar-refractivity contribution is 0.0951. The van der Waals surface area contributed by atoms with Gasteiger partial charge >= 0.3 is 0 Å². The van der Waals surface area contributed by atoms with Crippen molar-refractivity contribution in [1.29, 1.82) is 0 Å². The summed E-state index contributed by atoms with van der Waals surface area (Å²) >= 11 is 12.3. The Kier molecular flexibility index (Phi) is 9.05. The zero-order valence-corrected chi connectivity index (χ0v) is 22.8. The molecule has 3 N–H and O–H groups in total. The molecular formula is C28H29Cl2N7O2. The maximum Gasteiger partial charge on any atom is 0.254 e. The predicted molar refractivity (Wildman–Crippen MR) is 150 cm³/mol. The van der Waals surface area contributed by atoms with Crippen LogP contribution >= 0.6 is 23.2 Å². The SMILES string of the molecule is O=C(NCc1cccc(CN(CCNCc2cnc[nH]2)C2CCOc3cccnc32)c1)c1c(Cl)cncc1Cl. The number of pyridine rings is 2. The Balaban J connectivity index is 1.28. The van der Waals surface area contributed by atoms with Crippen LogP contribution in [0.25, 0.3) is 0 Å². The predicted octanol–water partition coefficient (Wildman–Crippen LogP) is 4.55. The van der Waals surface area contributed by atoms with Gasteiger partial charge in [0.25, 0.3) is 5.91 Å². The highest BCUT2D eigenvalue weighted by Crippen LogP contribution is 2.34. The van der Waals surface area contributed by atoms with E-state index in [-0.39, 0.29) is 27.6 Å². The van der Waals surface area contributed by atoms with Crippen LogP contribution in [-0.2, 0) is 19.6 Å². The molecule has 1 amide bonds. The number of nitrogens with one attached hydrogen (secondary N) is 3. The second-order valence-electron chi connectivity index (χ2n) is 9.24. The van der Waals surface area contributed by atoms with Crippen LogP contribution in [0, 0.1) is 0 Å². The monoisotopic (exact) mass is 565 g/mol. The van der Waals surface area contributed by atoms with E-state index < -0.39 is 0 Å². The Morgan fingerprint density at radius 2 is 1.92 bits per heavy atom. The van der Waals surface area contributed by atoms with Gasteiger partial charge in [0.2, 0.25) is 0 Å². The molecule has 3 aromatic heterocycles. The van der Waals surface area contributed by atoms with Gasteiger partial charge in [-0.3, -0.25) is 19.7 Å². The van der Waals surface area contributed by atoms with Gasteiger partial charge in [0.1, 0.15) is 5.75 Å². The first-order valence-electron chi connectivity index (χ1n) is 12.7. The summed E-state index contributed by atoms with van der Waals surface area (Å²) in [5.74, 6) is 0.502. The minimum absolute atomic E-state index is 0.128. The van der Waals surface area contributed by atoms with Gasteiger partial charge in [0, 0.05) is 69.6 Å². The number of halogens is 2. The van der Waals surface area contributed by atoms with Crippen molar-refractivity contribution in [3.8, 4) is 5.75 Å². The minimum Gasteiger partial charge on any atom is -0.492 e. The summed E-state index contributed by atoms with van der Waals surface area (Å²) in [6.45, 7) is 4.03.